The maximum Gasteiger partial charge on any atom is 0.227 e. The first-order valence-electron chi connectivity index (χ1n) is 9.72. The van der Waals surface area contributed by atoms with E-state index in [2.05, 4.69) is 43.0 Å². The van der Waals surface area contributed by atoms with Crippen molar-refractivity contribution < 1.29 is 9.53 Å². The van der Waals surface area contributed by atoms with Gasteiger partial charge in [-0.25, -0.2) is 0 Å². The molecule has 142 valence electrons. The zero-order valence-electron chi connectivity index (χ0n) is 16.4. The molecule has 2 heterocycles. The minimum atomic E-state index is 0.155. The largest absolute Gasteiger partial charge is 0.497 e. The SMILES string of the molecule is COc1ccc(CC(=O)N2CCN3CC(C)(C)c4ccccc4C3C2)cc1. The molecule has 2 aliphatic heterocycles. The van der Waals surface area contributed by atoms with Gasteiger partial charge in [0, 0.05) is 31.6 Å². The van der Waals surface area contributed by atoms with E-state index in [-0.39, 0.29) is 11.3 Å². The van der Waals surface area contributed by atoms with Crippen molar-refractivity contribution in [2.24, 2.45) is 0 Å². The van der Waals surface area contributed by atoms with Gasteiger partial charge in [-0.05, 0) is 28.8 Å². The van der Waals surface area contributed by atoms with E-state index in [1.54, 1.807) is 7.11 Å². The monoisotopic (exact) mass is 364 g/mol. The first kappa shape index (κ1) is 18.1. The normalized spacial score (nSPS) is 21.3. The van der Waals surface area contributed by atoms with E-state index in [4.69, 9.17) is 4.74 Å². The molecule has 1 amide bonds. The lowest BCUT2D eigenvalue weighted by atomic mass is 9.75. The van der Waals surface area contributed by atoms with Gasteiger partial charge in [0.05, 0.1) is 19.6 Å². The number of piperazine rings is 1. The molecule has 27 heavy (non-hydrogen) atoms. The summed E-state index contributed by atoms with van der Waals surface area (Å²) in [7, 11) is 1.66. The number of carbonyl (C=O) groups excluding carboxylic acids is 1. The summed E-state index contributed by atoms with van der Waals surface area (Å²) in [5, 5.41) is 0. The van der Waals surface area contributed by atoms with Gasteiger partial charge in [-0.3, -0.25) is 9.69 Å². The maximum atomic E-state index is 12.9. The number of methoxy groups -OCH3 is 1. The zero-order valence-corrected chi connectivity index (χ0v) is 16.4. The third kappa shape index (κ3) is 3.46. The highest BCUT2D eigenvalue weighted by Crippen LogP contribution is 2.40. The lowest BCUT2D eigenvalue weighted by Crippen LogP contribution is -2.56. The average molecular weight is 364 g/mol. The van der Waals surface area contributed by atoms with Gasteiger partial charge in [0.15, 0.2) is 0 Å². The lowest BCUT2D eigenvalue weighted by Gasteiger charge is -2.50. The summed E-state index contributed by atoms with van der Waals surface area (Å²) in [5.74, 6) is 1.03. The van der Waals surface area contributed by atoms with Gasteiger partial charge in [0.25, 0.3) is 0 Å². The Kier molecular flexibility index (Phi) is 4.68. The molecule has 4 nitrogen and oxygen atoms in total. The first-order valence-corrected chi connectivity index (χ1v) is 9.72. The molecule has 2 aromatic carbocycles. The Morgan fingerprint density at radius 1 is 1.11 bits per heavy atom. The molecule has 1 saturated heterocycles. The number of fused-ring (bicyclic) bond motifs is 3. The average Bonchev–Trinajstić information content (AvgIpc) is 2.68. The van der Waals surface area contributed by atoms with E-state index >= 15 is 0 Å². The number of hydrogen-bond donors (Lipinski definition) is 0. The van der Waals surface area contributed by atoms with E-state index in [0.717, 1.165) is 37.5 Å². The molecule has 4 heteroatoms. The van der Waals surface area contributed by atoms with Gasteiger partial charge in [0.1, 0.15) is 5.75 Å². The van der Waals surface area contributed by atoms with Gasteiger partial charge in [0.2, 0.25) is 5.91 Å². The topological polar surface area (TPSA) is 32.8 Å². The lowest BCUT2D eigenvalue weighted by molar-refractivity contribution is -0.134. The predicted octanol–water partition coefficient (Wildman–Crippen LogP) is 3.41. The van der Waals surface area contributed by atoms with E-state index in [1.807, 2.05) is 29.2 Å². The van der Waals surface area contributed by atoms with E-state index < -0.39 is 0 Å². The molecular formula is C23H28N2O2. The fraction of sp³-hybridized carbons (Fsp3) is 0.435. The molecule has 2 aromatic rings. The number of hydrogen-bond acceptors (Lipinski definition) is 3. The number of rotatable bonds is 3. The third-order valence-corrected chi connectivity index (χ3v) is 6.01. The summed E-state index contributed by atoms with van der Waals surface area (Å²) in [5.41, 5.74) is 4.00. The van der Waals surface area contributed by atoms with Crippen LogP contribution in [0, 0.1) is 0 Å². The Morgan fingerprint density at radius 3 is 2.59 bits per heavy atom. The van der Waals surface area contributed by atoms with Crippen LogP contribution in [-0.4, -0.2) is 49.0 Å². The van der Waals surface area contributed by atoms with Crippen molar-refractivity contribution in [2.75, 3.05) is 33.3 Å². The van der Waals surface area contributed by atoms with Gasteiger partial charge in [-0.1, -0.05) is 50.2 Å². The van der Waals surface area contributed by atoms with Crippen molar-refractivity contribution in [1.82, 2.24) is 9.80 Å². The molecule has 4 rings (SSSR count). The molecular weight excluding hydrogens is 336 g/mol. The predicted molar refractivity (Wildman–Crippen MR) is 107 cm³/mol. The fourth-order valence-electron chi connectivity index (χ4n) is 4.56. The summed E-state index contributed by atoms with van der Waals surface area (Å²) >= 11 is 0. The molecule has 0 N–H and O–H groups in total. The number of amides is 1. The smallest absolute Gasteiger partial charge is 0.227 e. The summed E-state index contributed by atoms with van der Waals surface area (Å²) in [6.07, 6.45) is 0.448. The number of nitrogens with zero attached hydrogens (tertiary/aromatic N) is 2. The van der Waals surface area contributed by atoms with Crippen molar-refractivity contribution in [3.8, 4) is 5.75 Å². The Hall–Kier alpha value is -2.33. The summed E-state index contributed by atoms with van der Waals surface area (Å²) in [6, 6.07) is 16.8. The first-order chi connectivity index (χ1) is 13.0. The number of ether oxygens (including phenoxy) is 1. The van der Waals surface area contributed by atoms with Crippen LogP contribution in [0.5, 0.6) is 5.75 Å². The van der Waals surface area contributed by atoms with Gasteiger partial charge in [-0.2, -0.15) is 0 Å². The molecule has 0 aromatic heterocycles. The van der Waals surface area contributed by atoms with Crippen molar-refractivity contribution in [3.63, 3.8) is 0 Å². The van der Waals surface area contributed by atoms with E-state index in [1.165, 1.54) is 11.1 Å². The Bertz CT molecular complexity index is 829. The van der Waals surface area contributed by atoms with Gasteiger partial charge in [-0.15, -0.1) is 0 Å². The summed E-state index contributed by atoms with van der Waals surface area (Å²) < 4.78 is 5.20. The molecule has 0 spiro atoms. The van der Waals surface area contributed by atoms with E-state index in [9.17, 15) is 4.79 Å². The zero-order chi connectivity index (χ0) is 19.0. The molecule has 2 aliphatic rings. The van der Waals surface area contributed by atoms with Crippen LogP contribution in [0.15, 0.2) is 48.5 Å². The second kappa shape index (κ2) is 7.01. The highest BCUT2D eigenvalue weighted by Gasteiger charge is 2.40. The van der Waals surface area contributed by atoms with E-state index in [0.29, 0.717) is 12.5 Å². The van der Waals surface area contributed by atoms with Crippen LogP contribution in [-0.2, 0) is 16.6 Å². The minimum Gasteiger partial charge on any atom is -0.497 e. The van der Waals surface area contributed by atoms with Crippen molar-refractivity contribution in [2.45, 2.75) is 31.7 Å². The third-order valence-electron chi connectivity index (χ3n) is 6.01. The second-order valence-electron chi connectivity index (χ2n) is 8.32. The van der Waals surface area contributed by atoms with Crippen LogP contribution in [0.1, 0.15) is 36.6 Å². The quantitative estimate of drug-likeness (QED) is 0.837. The number of carbonyl (C=O) groups is 1. The molecule has 0 bridgehead atoms. The number of benzene rings is 2. The Morgan fingerprint density at radius 2 is 1.85 bits per heavy atom. The Balaban J connectivity index is 1.50. The molecule has 1 atom stereocenters. The van der Waals surface area contributed by atoms with Crippen LogP contribution in [0.2, 0.25) is 0 Å². The van der Waals surface area contributed by atoms with Gasteiger partial charge >= 0.3 is 0 Å². The maximum absolute atomic E-state index is 12.9. The van der Waals surface area contributed by atoms with Crippen LogP contribution in [0.25, 0.3) is 0 Å². The second-order valence-corrected chi connectivity index (χ2v) is 8.32. The molecule has 0 radical (unpaired) electrons. The Labute approximate surface area is 161 Å². The van der Waals surface area contributed by atoms with Crippen LogP contribution >= 0.6 is 0 Å². The van der Waals surface area contributed by atoms with Crippen molar-refractivity contribution >= 4 is 5.91 Å². The summed E-state index contributed by atoms with van der Waals surface area (Å²) in [6.45, 7) is 8.23. The molecule has 1 unspecified atom stereocenters. The van der Waals surface area contributed by atoms with Crippen molar-refractivity contribution in [1.29, 1.82) is 0 Å². The molecule has 0 aliphatic carbocycles. The van der Waals surface area contributed by atoms with Crippen molar-refractivity contribution in [3.05, 3.63) is 65.2 Å². The molecule has 1 fully saturated rings. The fourth-order valence-corrected chi connectivity index (χ4v) is 4.56. The van der Waals surface area contributed by atoms with Gasteiger partial charge < -0.3 is 9.64 Å². The van der Waals surface area contributed by atoms with Crippen LogP contribution < -0.4 is 4.74 Å². The standard InChI is InChI=1S/C23H28N2O2/c1-23(2)16-25-13-12-24(15-21(25)19-6-4-5-7-20(19)23)22(26)14-17-8-10-18(27-3)11-9-17/h4-11,21H,12-16H2,1-3H3. The highest BCUT2D eigenvalue weighted by atomic mass is 16.5. The molecule has 0 saturated carbocycles. The highest BCUT2D eigenvalue weighted by molar-refractivity contribution is 5.79. The van der Waals surface area contributed by atoms with Crippen LogP contribution in [0.3, 0.4) is 0 Å². The summed E-state index contributed by atoms with van der Waals surface area (Å²) in [4.78, 5) is 17.5. The van der Waals surface area contributed by atoms with Crippen LogP contribution in [0.4, 0.5) is 0 Å². The minimum absolute atomic E-state index is 0.155.